The molecule has 5 rings (SSSR count). The molecule has 0 spiro atoms. The number of aryl methyl sites for hydroxylation is 1. The van der Waals surface area contributed by atoms with Crippen LogP contribution >= 0.6 is 23.1 Å². The van der Waals surface area contributed by atoms with Crippen molar-refractivity contribution in [3.05, 3.63) is 32.7 Å². The van der Waals surface area contributed by atoms with E-state index in [0.717, 1.165) is 47.4 Å². The molecule has 3 aliphatic rings. The number of aromatic nitrogens is 4. The van der Waals surface area contributed by atoms with Gasteiger partial charge in [-0.2, -0.15) is 16.9 Å². The topological polar surface area (TPSA) is 63.9 Å². The van der Waals surface area contributed by atoms with Crippen molar-refractivity contribution in [1.82, 2.24) is 20.0 Å². The minimum atomic E-state index is 0.0432. The second-order valence-electron chi connectivity index (χ2n) is 6.91. The van der Waals surface area contributed by atoms with E-state index in [4.69, 9.17) is 0 Å². The summed E-state index contributed by atoms with van der Waals surface area (Å²) < 4.78 is 1.67. The lowest BCUT2D eigenvalue weighted by atomic mass is 10.0. The number of rotatable bonds is 4. The number of nitrogens with zero attached hydrogens (tertiary/aromatic N) is 5. The highest BCUT2D eigenvalue weighted by Gasteiger charge is 2.33. The lowest BCUT2D eigenvalue weighted by Gasteiger charge is -2.38. The van der Waals surface area contributed by atoms with Crippen molar-refractivity contribution in [3.8, 4) is 0 Å². The summed E-state index contributed by atoms with van der Waals surface area (Å²) in [5, 5.41) is 15.5. The summed E-state index contributed by atoms with van der Waals surface area (Å²) in [6.07, 6.45) is 3.51. The van der Waals surface area contributed by atoms with Crippen LogP contribution in [-0.2, 0) is 18.7 Å². The van der Waals surface area contributed by atoms with Crippen molar-refractivity contribution in [1.29, 1.82) is 0 Å². The standard InChI is InChI=1S/C16H19N5OS2/c22-14-5-12-9-23-4-3-13(12)19-21(14)8-10-6-20(7-10)16-18-17-15(24-16)11-1-2-11/h5,10-11H,1-4,6-9H2. The molecule has 0 N–H and O–H groups in total. The van der Waals surface area contributed by atoms with Gasteiger partial charge >= 0.3 is 0 Å². The summed E-state index contributed by atoms with van der Waals surface area (Å²) in [5.41, 5.74) is 2.29. The van der Waals surface area contributed by atoms with E-state index < -0.39 is 0 Å². The van der Waals surface area contributed by atoms with Crippen LogP contribution in [0, 0.1) is 5.92 Å². The quantitative estimate of drug-likeness (QED) is 0.829. The number of anilines is 1. The number of thioether (sulfide) groups is 1. The van der Waals surface area contributed by atoms with E-state index in [0.29, 0.717) is 18.4 Å². The van der Waals surface area contributed by atoms with Gasteiger partial charge in [0.05, 0.1) is 12.2 Å². The fourth-order valence-electron chi connectivity index (χ4n) is 3.32. The van der Waals surface area contributed by atoms with Gasteiger partial charge in [0.25, 0.3) is 5.56 Å². The lowest BCUT2D eigenvalue weighted by Crippen LogP contribution is -2.49. The first kappa shape index (κ1) is 14.9. The molecule has 0 atom stereocenters. The van der Waals surface area contributed by atoms with Crippen molar-refractivity contribution in [2.24, 2.45) is 5.92 Å². The fraction of sp³-hybridized carbons (Fsp3) is 0.625. The summed E-state index contributed by atoms with van der Waals surface area (Å²) in [4.78, 5) is 14.5. The van der Waals surface area contributed by atoms with E-state index >= 15 is 0 Å². The maximum atomic E-state index is 12.3. The highest BCUT2D eigenvalue weighted by molar-refractivity contribution is 7.98. The predicted molar refractivity (Wildman–Crippen MR) is 96.0 cm³/mol. The van der Waals surface area contributed by atoms with Crippen LogP contribution in [0.2, 0.25) is 0 Å². The Balaban J connectivity index is 1.24. The average Bonchev–Trinajstić information content (AvgIpc) is 3.29. The van der Waals surface area contributed by atoms with E-state index in [-0.39, 0.29) is 5.56 Å². The van der Waals surface area contributed by atoms with Gasteiger partial charge in [0.2, 0.25) is 5.13 Å². The van der Waals surface area contributed by atoms with Crippen LogP contribution in [0.1, 0.15) is 35.0 Å². The van der Waals surface area contributed by atoms with E-state index in [1.54, 1.807) is 22.1 Å². The second-order valence-corrected chi connectivity index (χ2v) is 9.00. The van der Waals surface area contributed by atoms with Crippen molar-refractivity contribution < 1.29 is 0 Å². The van der Waals surface area contributed by atoms with E-state index in [1.165, 1.54) is 17.8 Å². The first-order valence-corrected chi connectivity index (χ1v) is 10.5. The van der Waals surface area contributed by atoms with Crippen molar-refractivity contribution in [2.45, 2.75) is 37.5 Å². The summed E-state index contributed by atoms with van der Waals surface area (Å²) in [5.74, 6) is 3.18. The highest BCUT2D eigenvalue weighted by Crippen LogP contribution is 2.43. The van der Waals surface area contributed by atoms with E-state index in [2.05, 4.69) is 20.2 Å². The third-order valence-electron chi connectivity index (χ3n) is 4.92. The molecule has 126 valence electrons. The summed E-state index contributed by atoms with van der Waals surface area (Å²) in [6.45, 7) is 2.60. The number of hydrogen-bond donors (Lipinski definition) is 0. The minimum absolute atomic E-state index is 0.0432. The van der Waals surface area contributed by atoms with Crippen LogP contribution in [0.15, 0.2) is 10.9 Å². The molecule has 1 aliphatic carbocycles. The normalized spacial score (nSPS) is 20.8. The molecule has 2 aromatic rings. The Kier molecular flexibility index (Phi) is 3.62. The first-order valence-electron chi connectivity index (χ1n) is 8.52. The molecule has 0 aromatic carbocycles. The maximum absolute atomic E-state index is 12.3. The van der Waals surface area contributed by atoms with Gasteiger partial charge in [0, 0.05) is 43.2 Å². The first-order chi connectivity index (χ1) is 11.8. The van der Waals surface area contributed by atoms with Gasteiger partial charge in [0.15, 0.2) is 0 Å². The molecule has 6 nitrogen and oxygen atoms in total. The molecule has 0 unspecified atom stereocenters. The van der Waals surface area contributed by atoms with Crippen LogP contribution in [-0.4, -0.2) is 38.8 Å². The largest absolute Gasteiger partial charge is 0.346 e. The zero-order valence-electron chi connectivity index (χ0n) is 13.3. The zero-order valence-corrected chi connectivity index (χ0v) is 15.0. The van der Waals surface area contributed by atoms with Crippen molar-refractivity contribution in [2.75, 3.05) is 23.7 Å². The summed E-state index contributed by atoms with van der Waals surface area (Å²) in [7, 11) is 0. The molecule has 8 heteroatoms. The molecule has 2 aromatic heterocycles. The Labute approximate surface area is 148 Å². The van der Waals surface area contributed by atoms with Crippen LogP contribution < -0.4 is 10.5 Å². The molecule has 0 radical (unpaired) electrons. The van der Waals surface area contributed by atoms with Gasteiger partial charge in [-0.25, -0.2) is 4.68 Å². The van der Waals surface area contributed by atoms with Gasteiger partial charge in [-0.05, 0) is 24.2 Å². The van der Waals surface area contributed by atoms with Crippen LogP contribution in [0.4, 0.5) is 5.13 Å². The van der Waals surface area contributed by atoms with Gasteiger partial charge < -0.3 is 4.90 Å². The SMILES string of the molecule is O=c1cc2c(nn1CC1CN(c3nnc(C4CC4)s3)C1)CCSC2. The fourth-order valence-corrected chi connectivity index (χ4v) is 5.30. The van der Waals surface area contributed by atoms with Crippen molar-refractivity contribution in [3.63, 3.8) is 0 Å². The smallest absolute Gasteiger partial charge is 0.267 e. The van der Waals surface area contributed by atoms with E-state index in [1.807, 2.05) is 11.8 Å². The van der Waals surface area contributed by atoms with Gasteiger partial charge in [-0.1, -0.05) is 11.3 Å². The van der Waals surface area contributed by atoms with E-state index in [9.17, 15) is 4.79 Å². The minimum Gasteiger partial charge on any atom is -0.346 e. The molecule has 24 heavy (non-hydrogen) atoms. The van der Waals surface area contributed by atoms with Gasteiger partial charge in [-0.15, -0.1) is 10.2 Å². The molecule has 1 saturated heterocycles. The Morgan fingerprint density at radius 1 is 1.25 bits per heavy atom. The molecule has 1 saturated carbocycles. The third-order valence-corrected chi connectivity index (χ3v) is 7.07. The highest BCUT2D eigenvalue weighted by atomic mass is 32.2. The molecular weight excluding hydrogens is 342 g/mol. The average molecular weight is 361 g/mol. The van der Waals surface area contributed by atoms with Crippen LogP contribution in [0.3, 0.4) is 0 Å². The molecule has 0 bridgehead atoms. The van der Waals surface area contributed by atoms with Crippen molar-refractivity contribution >= 4 is 28.2 Å². The molecule has 2 aliphatic heterocycles. The molecule has 0 amide bonds. The Bertz CT molecular complexity index is 822. The zero-order chi connectivity index (χ0) is 16.1. The lowest BCUT2D eigenvalue weighted by molar-refractivity contribution is 0.332. The third kappa shape index (κ3) is 2.75. The Morgan fingerprint density at radius 2 is 2.12 bits per heavy atom. The monoisotopic (exact) mass is 361 g/mol. The van der Waals surface area contributed by atoms with Gasteiger partial charge in [0.1, 0.15) is 5.01 Å². The molecular formula is C16H19N5OS2. The maximum Gasteiger partial charge on any atom is 0.267 e. The number of hydrogen-bond acceptors (Lipinski definition) is 7. The number of fused-ring (bicyclic) bond motifs is 1. The summed E-state index contributed by atoms with van der Waals surface area (Å²) >= 11 is 3.62. The predicted octanol–water partition coefficient (Wildman–Crippen LogP) is 1.90. The Morgan fingerprint density at radius 3 is 2.96 bits per heavy atom. The Hall–Kier alpha value is -1.41. The molecule has 2 fully saturated rings. The second kappa shape index (κ2) is 5.84. The van der Waals surface area contributed by atoms with Crippen LogP contribution in [0.25, 0.3) is 0 Å². The van der Waals surface area contributed by atoms with Gasteiger partial charge in [-0.3, -0.25) is 4.79 Å². The summed E-state index contributed by atoms with van der Waals surface area (Å²) in [6, 6.07) is 1.79. The molecule has 4 heterocycles. The van der Waals surface area contributed by atoms with Crippen LogP contribution in [0.5, 0.6) is 0 Å².